The number of nitrogens with one attached hydrogen (secondary N) is 1. The van der Waals surface area contributed by atoms with E-state index in [4.69, 9.17) is 20.2 Å². The van der Waals surface area contributed by atoms with Crippen molar-refractivity contribution in [2.24, 2.45) is 22.1 Å². The van der Waals surface area contributed by atoms with Gasteiger partial charge in [-0.15, -0.1) is 24.0 Å². The Balaban J connectivity index is 0.00000169. The zero-order chi connectivity index (χ0) is 16.0. The summed E-state index contributed by atoms with van der Waals surface area (Å²) in [5.41, 5.74) is 7.46. The minimum atomic E-state index is 0. The van der Waals surface area contributed by atoms with Gasteiger partial charge in [0.05, 0.1) is 18.8 Å². The third kappa shape index (κ3) is 2.87. The van der Waals surface area contributed by atoms with Gasteiger partial charge in [-0.25, -0.2) is 4.99 Å². The Labute approximate surface area is 160 Å². The molecule has 132 valence electrons. The second kappa shape index (κ2) is 6.71. The Hall–Kier alpha value is -1.02. The molecule has 0 bridgehead atoms. The topological polar surface area (TPSA) is 68.9 Å². The second-order valence-corrected chi connectivity index (χ2v) is 7.39. The number of guanidine groups is 1. The molecule has 4 rings (SSSR count). The van der Waals surface area contributed by atoms with Crippen LogP contribution in [0, 0.1) is 11.3 Å². The summed E-state index contributed by atoms with van der Waals surface area (Å²) in [5.74, 6) is 2.02. The van der Waals surface area contributed by atoms with E-state index in [1.165, 1.54) is 0 Å². The van der Waals surface area contributed by atoms with Crippen LogP contribution < -0.4 is 15.8 Å². The molecule has 0 aromatic heterocycles. The van der Waals surface area contributed by atoms with E-state index in [1.54, 1.807) is 0 Å². The molecule has 5 nitrogen and oxygen atoms in total. The molecular formula is C18H26IN3O2. The lowest BCUT2D eigenvalue weighted by Crippen LogP contribution is -2.67. The zero-order valence-corrected chi connectivity index (χ0v) is 16.5. The molecule has 24 heavy (non-hydrogen) atoms. The standard InChI is InChI=1S/C18H25N3O2.HI/c1-18(2)15(12-7-9-23-16(12)18)21-17(19)20-13-8-10-22-14-6-4-3-5-11(13)14;/h3-6,12-13,15-16H,7-10H2,1-2H3,(H3,19,20,21);1H. The van der Waals surface area contributed by atoms with Crippen LogP contribution >= 0.6 is 24.0 Å². The molecule has 1 aromatic carbocycles. The molecule has 4 atom stereocenters. The quantitative estimate of drug-likeness (QED) is 0.419. The average molecular weight is 443 g/mol. The summed E-state index contributed by atoms with van der Waals surface area (Å²) in [6.45, 7) is 6.04. The zero-order valence-electron chi connectivity index (χ0n) is 14.2. The minimum Gasteiger partial charge on any atom is -0.493 e. The van der Waals surface area contributed by atoms with Gasteiger partial charge in [0.2, 0.25) is 0 Å². The predicted molar refractivity (Wildman–Crippen MR) is 105 cm³/mol. The molecule has 6 heteroatoms. The van der Waals surface area contributed by atoms with Crippen LogP contribution in [0.4, 0.5) is 0 Å². The number of halogens is 1. The van der Waals surface area contributed by atoms with Crippen molar-refractivity contribution in [2.75, 3.05) is 13.2 Å². The van der Waals surface area contributed by atoms with E-state index in [0.29, 0.717) is 30.6 Å². The first-order valence-electron chi connectivity index (χ1n) is 8.50. The predicted octanol–water partition coefficient (Wildman–Crippen LogP) is 2.85. The summed E-state index contributed by atoms with van der Waals surface area (Å²) in [4.78, 5) is 4.74. The van der Waals surface area contributed by atoms with Crippen molar-refractivity contribution in [2.45, 2.75) is 44.9 Å². The van der Waals surface area contributed by atoms with Gasteiger partial charge in [-0.05, 0) is 12.5 Å². The number of para-hydroxylation sites is 1. The van der Waals surface area contributed by atoms with Crippen molar-refractivity contribution >= 4 is 29.9 Å². The van der Waals surface area contributed by atoms with E-state index in [0.717, 1.165) is 30.8 Å². The maximum atomic E-state index is 6.23. The fourth-order valence-corrected chi connectivity index (χ4v) is 4.44. The van der Waals surface area contributed by atoms with Crippen molar-refractivity contribution < 1.29 is 9.47 Å². The number of hydrogen-bond acceptors (Lipinski definition) is 3. The minimum absolute atomic E-state index is 0. The molecular weight excluding hydrogens is 417 g/mol. The number of nitrogens with two attached hydrogens (primary N) is 1. The van der Waals surface area contributed by atoms with Crippen LogP contribution in [0.3, 0.4) is 0 Å². The molecule has 0 spiro atoms. The molecule has 3 aliphatic rings. The monoisotopic (exact) mass is 443 g/mol. The number of nitrogens with zero attached hydrogens (tertiary/aromatic N) is 1. The lowest BCUT2D eigenvalue weighted by atomic mass is 9.57. The van der Waals surface area contributed by atoms with Crippen LogP contribution in [0.5, 0.6) is 5.75 Å². The Bertz CT molecular complexity index is 634. The largest absolute Gasteiger partial charge is 0.493 e. The molecule has 2 heterocycles. The van der Waals surface area contributed by atoms with Gasteiger partial charge >= 0.3 is 0 Å². The maximum Gasteiger partial charge on any atom is 0.189 e. The average Bonchev–Trinajstić information content (AvgIpc) is 3.00. The number of fused-ring (bicyclic) bond motifs is 2. The van der Waals surface area contributed by atoms with Crippen molar-refractivity contribution in [1.29, 1.82) is 0 Å². The van der Waals surface area contributed by atoms with Gasteiger partial charge in [-0.1, -0.05) is 32.0 Å². The highest BCUT2D eigenvalue weighted by Gasteiger charge is 2.59. The third-order valence-corrected chi connectivity index (χ3v) is 5.63. The van der Waals surface area contributed by atoms with E-state index in [2.05, 4.69) is 25.2 Å². The smallest absolute Gasteiger partial charge is 0.189 e. The van der Waals surface area contributed by atoms with Crippen LogP contribution in [-0.4, -0.2) is 31.3 Å². The number of hydrogen-bond donors (Lipinski definition) is 2. The van der Waals surface area contributed by atoms with Gasteiger partial charge in [0.1, 0.15) is 5.75 Å². The van der Waals surface area contributed by atoms with Gasteiger partial charge in [0.25, 0.3) is 0 Å². The van der Waals surface area contributed by atoms with Crippen molar-refractivity contribution in [3.63, 3.8) is 0 Å². The summed E-state index contributed by atoms with van der Waals surface area (Å²) in [6.07, 6.45) is 2.33. The molecule has 4 unspecified atom stereocenters. The van der Waals surface area contributed by atoms with Crippen LogP contribution in [0.15, 0.2) is 29.3 Å². The Morgan fingerprint density at radius 1 is 1.25 bits per heavy atom. The van der Waals surface area contributed by atoms with E-state index >= 15 is 0 Å². The number of aliphatic imine (C=N–C) groups is 1. The highest BCUT2D eigenvalue weighted by Crippen LogP contribution is 2.52. The second-order valence-electron chi connectivity index (χ2n) is 7.39. The molecule has 2 fully saturated rings. The van der Waals surface area contributed by atoms with Crippen molar-refractivity contribution in [3.05, 3.63) is 29.8 Å². The SMILES string of the molecule is CC1(C)C(NC(N)=NC2CCOc3ccccc32)C2CCOC21.I. The lowest BCUT2D eigenvalue weighted by molar-refractivity contribution is -0.106. The highest BCUT2D eigenvalue weighted by molar-refractivity contribution is 14.0. The van der Waals surface area contributed by atoms with Gasteiger partial charge in [0, 0.05) is 36.0 Å². The van der Waals surface area contributed by atoms with Gasteiger partial charge in [0.15, 0.2) is 5.96 Å². The first kappa shape index (κ1) is 17.8. The summed E-state index contributed by atoms with van der Waals surface area (Å²) >= 11 is 0. The lowest BCUT2D eigenvalue weighted by Gasteiger charge is -2.54. The number of ether oxygens (including phenoxy) is 2. The molecule has 2 aliphatic heterocycles. The summed E-state index contributed by atoms with van der Waals surface area (Å²) in [6, 6.07) is 8.50. The van der Waals surface area contributed by atoms with Crippen LogP contribution in [0.1, 0.15) is 38.3 Å². The molecule has 1 saturated heterocycles. The van der Waals surface area contributed by atoms with Gasteiger partial charge < -0.3 is 20.5 Å². The van der Waals surface area contributed by atoms with Crippen molar-refractivity contribution in [1.82, 2.24) is 5.32 Å². The summed E-state index contributed by atoms with van der Waals surface area (Å²) in [5, 5.41) is 3.46. The Kier molecular flexibility index (Phi) is 4.97. The van der Waals surface area contributed by atoms with E-state index in [-0.39, 0.29) is 35.4 Å². The summed E-state index contributed by atoms with van der Waals surface area (Å²) in [7, 11) is 0. The van der Waals surface area contributed by atoms with Gasteiger partial charge in [-0.2, -0.15) is 0 Å². The normalized spacial score (nSPS) is 33.3. The van der Waals surface area contributed by atoms with Crippen LogP contribution in [0.25, 0.3) is 0 Å². The van der Waals surface area contributed by atoms with Crippen LogP contribution in [-0.2, 0) is 4.74 Å². The molecule has 1 aliphatic carbocycles. The number of rotatable bonds is 2. The van der Waals surface area contributed by atoms with E-state index in [9.17, 15) is 0 Å². The Morgan fingerprint density at radius 3 is 2.88 bits per heavy atom. The van der Waals surface area contributed by atoms with Crippen molar-refractivity contribution in [3.8, 4) is 5.75 Å². The molecule has 1 aromatic rings. The molecule has 0 radical (unpaired) electrons. The van der Waals surface area contributed by atoms with Gasteiger partial charge in [-0.3, -0.25) is 0 Å². The first-order valence-corrected chi connectivity index (χ1v) is 8.50. The fourth-order valence-electron chi connectivity index (χ4n) is 4.44. The van der Waals surface area contributed by atoms with Crippen LogP contribution in [0.2, 0.25) is 0 Å². The third-order valence-electron chi connectivity index (χ3n) is 5.63. The molecule has 1 saturated carbocycles. The summed E-state index contributed by atoms with van der Waals surface area (Å²) < 4.78 is 11.5. The highest BCUT2D eigenvalue weighted by atomic mass is 127. The maximum absolute atomic E-state index is 6.23. The molecule has 3 N–H and O–H groups in total. The van der Waals surface area contributed by atoms with E-state index < -0.39 is 0 Å². The van der Waals surface area contributed by atoms with E-state index in [1.807, 2.05) is 18.2 Å². The first-order chi connectivity index (χ1) is 11.1. The number of benzene rings is 1. The fraction of sp³-hybridized carbons (Fsp3) is 0.611. The molecule has 0 amide bonds. The Morgan fingerprint density at radius 2 is 2.04 bits per heavy atom.